The summed E-state index contributed by atoms with van der Waals surface area (Å²) in [6, 6.07) is 12.5. The van der Waals surface area contributed by atoms with E-state index in [0.29, 0.717) is 6.54 Å². The number of nitrogens with zero attached hydrogens (tertiary/aromatic N) is 2. The third kappa shape index (κ3) is 6.77. The highest BCUT2D eigenvalue weighted by Gasteiger charge is 2.17. The zero-order valence-electron chi connectivity index (χ0n) is 17.4. The van der Waals surface area contributed by atoms with Crippen LogP contribution in [0.1, 0.15) is 38.5 Å². The molecule has 0 aliphatic carbocycles. The van der Waals surface area contributed by atoms with Crippen LogP contribution in [0, 0.1) is 13.8 Å². The van der Waals surface area contributed by atoms with Crippen molar-refractivity contribution in [2.24, 2.45) is 0 Å². The molecule has 0 bridgehead atoms. The average Bonchev–Trinajstić information content (AvgIpc) is 3.06. The third-order valence-electron chi connectivity index (χ3n) is 5.38. The highest BCUT2D eigenvalue weighted by atomic mass is 32.1. The fourth-order valence-electron chi connectivity index (χ4n) is 3.72. The van der Waals surface area contributed by atoms with Gasteiger partial charge in [0, 0.05) is 74.0 Å². The number of thiophene rings is 1. The van der Waals surface area contributed by atoms with Gasteiger partial charge < -0.3 is 5.32 Å². The van der Waals surface area contributed by atoms with Gasteiger partial charge in [0.15, 0.2) is 5.78 Å². The van der Waals surface area contributed by atoms with E-state index in [1.54, 1.807) is 11.3 Å². The van der Waals surface area contributed by atoms with E-state index in [1.165, 1.54) is 5.56 Å². The molecule has 1 aromatic heterocycles. The quantitative estimate of drug-likeness (QED) is 0.641. The molecule has 1 amide bonds. The average molecular weight is 414 g/mol. The molecule has 1 N–H and O–H groups in total. The summed E-state index contributed by atoms with van der Waals surface area (Å²) in [5.74, 6) is 0.0298. The Labute approximate surface area is 177 Å². The summed E-state index contributed by atoms with van der Waals surface area (Å²) in [4.78, 5) is 31.4. The molecule has 1 aliphatic rings. The molecule has 0 spiro atoms. The summed E-state index contributed by atoms with van der Waals surface area (Å²) < 4.78 is 0. The van der Waals surface area contributed by atoms with Crippen molar-refractivity contribution in [3.8, 4) is 0 Å². The maximum Gasteiger partial charge on any atom is 0.220 e. The van der Waals surface area contributed by atoms with E-state index in [9.17, 15) is 9.59 Å². The van der Waals surface area contributed by atoms with E-state index in [1.807, 2.05) is 19.9 Å². The monoisotopic (exact) mass is 413 g/mol. The van der Waals surface area contributed by atoms with Crippen molar-refractivity contribution in [2.45, 2.75) is 33.2 Å². The summed E-state index contributed by atoms with van der Waals surface area (Å²) in [7, 11) is 0. The first-order valence-corrected chi connectivity index (χ1v) is 11.2. The molecule has 0 atom stereocenters. The smallest absolute Gasteiger partial charge is 0.220 e. The number of amides is 1. The molecular weight excluding hydrogens is 382 g/mol. The van der Waals surface area contributed by atoms with Gasteiger partial charge in [-0.05, 0) is 25.5 Å². The van der Waals surface area contributed by atoms with Gasteiger partial charge in [0.05, 0.1) is 0 Å². The Morgan fingerprint density at radius 2 is 1.69 bits per heavy atom. The maximum atomic E-state index is 12.3. The van der Waals surface area contributed by atoms with E-state index in [2.05, 4.69) is 45.4 Å². The molecule has 156 valence electrons. The molecule has 1 aromatic carbocycles. The molecule has 5 nitrogen and oxygen atoms in total. The zero-order chi connectivity index (χ0) is 20.6. The van der Waals surface area contributed by atoms with Crippen LogP contribution in [0.2, 0.25) is 0 Å². The van der Waals surface area contributed by atoms with Crippen molar-refractivity contribution in [1.82, 2.24) is 15.1 Å². The van der Waals surface area contributed by atoms with Crippen molar-refractivity contribution < 1.29 is 9.59 Å². The summed E-state index contributed by atoms with van der Waals surface area (Å²) in [5, 5.41) is 2.96. The van der Waals surface area contributed by atoms with Gasteiger partial charge in [-0.1, -0.05) is 30.3 Å². The Morgan fingerprint density at radius 3 is 2.34 bits per heavy atom. The van der Waals surface area contributed by atoms with Crippen LogP contribution in [-0.4, -0.2) is 60.8 Å². The molecule has 1 saturated heterocycles. The van der Waals surface area contributed by atoms with E-state index >= 15 is 0 Å². The predicted octanol–water partition coefficient (Wildman–Crippen LogP) is 3.26. The Kier molecular flexibility index (Phi) is 7.98. The molecular formula is C23H31N3O2S. The van der Waals surface area contributed by atoms with Crippen LogP contribution in [0.3, 0.4) is 0 Å². The van der Waals surface area contributed by atoms with Crippen molar-refractivity contribution in [3.05, 3.63) is 57.3 Å². The standard InChI is InChI=1S/C23H31N3O2S/c1-18-16-21(19(2)29-18)22(27)8-9-23(28)24-10-11-25-12-14-26(15-13-25)17-20-6-4-3-5-7-20/h3-7,16H,8-15,17H2,1-2H3,(H,24,28). The number of hydrogen-bond acceptors (Lipinski definition) is 5. The lowest BCUT2D eigenvalue weighted by Crippen LogP contribution is -2.48. The Hall–Kier alpha value is -2.02. The molecule has 1 fully saturated rings. The van der Waals surface area contributed by atoms with E-state index in [-0.39, 0.29) is 24.5 Å². The summed E-state index contributed by atoms with van der Waals surface area (Å²) in [5.41, 5.74) is 2.13. The van der Waals surface area contributed by atoms with Crippen LogP contribution < -0.4 is 5.32 Å². The molecule has 6 heteroatoms. The molecule has 3 rings (SSSR count). The first kappa shape index (κ1) is 21.7. The van der Waals surface area contributed by atoms with Crippen LogP contribution in [0.15, 0.2) is 36.4 Å². The summed E-state index contributed by atoms with van der Waals surface area (Å²) in [6.07, 6.45) is 0.541. The molecule has 2 heterocycles. The van der Waals surface area contributed by atoms with Crippen molar-refractivity contribution in [3.63, 3.8) is 0 Å². The molecule has 2 aromatic rings. The van der Waals surface area contributed by atoms with Crippen LogP contribution in [-0.2, 0) is 11.3 Å². The van der Waals surface area contributed by atoms with Crippen LogP contribution >= 0.6 is 11.3 Å². The fourth-order valence-corrected chi connectivity index (χ4v) is 4.67. The number of Topliss-reactive ketones (excluding diaryl/α,β-unsaturated/α-hetero) is 1. The lowest BCUT2D eigenvalue weighted by atomic mass is 10.1. The Morgan fingerprint density at radius 1 is 1.00 bits per heavy atom. The normalized spacial score (nSPS) is 15.4. The minimum atomic E-state index is -0.0364. The molecule has 1 aliphatic heterocycles. The van der Waals surface area contributed by atoms with Gasteiger partial charge in [-0.3, -0.25) is 19.4 Å². The highest BCUT2D eigenvalue weighted by Crippen LogP contribution is 2.22. The highest BCUT2D eigenvalue weighted by molar-refractivity contribution is 7.12. The predicted molar refractivity (Wildman–Crippen MR) is 119 cm³/mol. The topological polar surface area (TPSA) is 52.7 Å². The van der Waals surface area contributed by atoms with E-state index < -0.39 is 0 Å². The minimum Gasteiger partial charge on any atom is -0.355 e. The molecule has 0 saturated carbocycles. The van der Waals surface area contributed by atoms with Gasteiger partial charge in [-0.15, -0.1) is 11.3 Å². The third-order valence-corrected chi connectivity index (χ3v) is 6.35. The number of carbonyl (C=O) groups excluding carboxylic acids is 2. The van der Waals surface area contributed by atoms with Crippen LogP contribution in [0.25, 0.3) is 0 Å². The second-order valence-corrected chi connectivity index (χ2v) is 9.16. The number of benzene rings is 1. The first-order valence-electron chi connectivity index (χ1n) is 10.4. The molecule has 0 unspecified atom stereocenters. The number of rotatable bonds is 9. The number of aryl methyl sites for hydroxylation is 2. The van der Waals surface area contributed by atoms with E-state index in [4.69, 9.17) is 0 Å². The van der Waals surface area contributed by atoms with Crippen LogP contribution in [0.4, 0.5) is 0 Å². The van der Waals surface area contributed by atoms with Crippen LogP contribution in [0.5, 0.6) is 0 Å². The van der Waals surface area contributed by atoms with Gasteiger partial charge in [0.25, 0.3) is 0 Å². The zero-order valence-corrected chi connectivity index (χ0v) is 18.3. The van der Waals surface area contributed by atoms with Gasteiger partial charge in [-0.25, -0.2) is 0 Å². The summed E-state index contributed by atoms with van der Waals surface area (Å²) in [6.45, 7) is 10.6. The number of hydrogen-bond donors (Lipinski definition) is 1. The minimum absolute atomic E-state index is 0.0364. The Bertz CT molecular complexity index is 811. The molecule has 0 radical (unpaired) electrons. The number of carbonyl (C=O) groups is 2. The lowest BCUT2D eigenvalue weighted by Gasteiger charge is -2.34. The van der Waals surface area contributed by atoms with E-state index in [0.717, 1.165) is 54.6 Å². The van der Waals surface area contributed by atoms with Gasteiger partial charge >= 0.3 is 0 Å². The molecule has 29 heavy (non-hydrogen) atoms. The maximum absolute atomic E-state index is 12.3. The van der Waals surface area contributed by atoms with Crippen molar-refractivity contribution in [2.75, 3.05) is 39.3 Å². The SMILES string of the molecule is Cc1cc(C(=O)CCC(=O)NCCN2CCN(Cc3ccccc3)CC2)c(C)s1. The largest absolute Gasteiger partial charge is 0.355 e. The van der Waals surface area contributed by atoms with Gasteiger partial charge in [0.1, 0.15) is 0 Å². The first-order chi connectivity index (χ1) is 14.0. The Balaban J connectivity index is 1.29. The lowest BCUT2D eigenvalue weighted by molar-refractivity contribution is -0.121. The fraction of sp³-hybridized carbons (Fsp3) is 0.478. The number of ketones is 1. The van der Waals surface area contributed by atoms with Gasteiger partial charge in [-0.2, -0.15) is 0 Å². The summed E-state index contributed by atoms with van der Waals surface area (Å²) >= 11 is 1.63. The van der Waals surface area contributed by atoms with Crippen molar-refractivity contribution >= 4 is 23.0 Å². The number of piperazine rings is 1. The number of nitrogens with one attached hydrogen (secondary N) is 1. The van der Waals surface area contributed by atoms with Crippen molar-refractivity contribution in [1.29, 1.82) is 0 Å². The van der Waals surface area contributed by atoms with Gasteiger partial charge in [0.2, 0.25) is 5.91 Å². The second-order valence-electron chi connectivity index (χ2n) is 7.70. The second kappa shape index (κ2) is 10.7.